The maximum Gasteiger partial charge on any atom is 0.269 e. The average molecular weight is 468 g/mol. The highest BCUT2D eigenvalue weighted by atomic mass is 35.5. The molecular weight excluding hydrogens is 446 g/mol. The number of fused-ring (bicyclic) bond motifs is 2. The van der Waals surface area contributed by atoms with Gasteiger partial charge in [0.05, 0.1) is 18.8 Å². The van der Waals surface area contributed by atoms with Crippen molar-refractivity contribution in [3.8, 4) is 0 Å². The van der Waals surface area contributed by atoms with Crippen LogP contribution in [-0.4, -0.2) is 25.3 Å². The minimum absolute atomic E-state index is 0.0214. The van der Waals surface area contributed by atoms with Gasteiger partial charge in [0.2, 0.25) is 0 Å². The van der Waals surface area contributed by atoms with Crippen molar-refractivity contribution in [3.63, 3.8) is 0 Å². The van der Waals surface area contributed by atoms with Crippen molar-refractivity contribution >= 4 is 44.6 Å². The van der Waals surface area contributed by atoms with Crippen molar-refractivity contribution in [2.24, 2.45) is 11.6 Å². The summed E-state index contributed by atoms with van der Waals surface area (Å²) in [5.74, 6) is 6.34. The number of nitrogens with two attached hydrogens (primary N) is 2. The molecule has 1 amide bonds. The van der Waals surface area contributed by atoms with E-state index in [1.54, 1.807) is 17.5 Å². The Balaban J connectivity index is 1.20. The molecule has 0 atom stereocenters. The van der Waals surface area contributed by atoms with Crippen molar-refractivity contribution in [3.05, 3.63) is 76.0 Å². The SMILES string of the molecule is N/C(=C\N(N)Cc1cn2cc(C3CC3)ccc2n1)C(=O)NCc1cc2c(Cl)nccc2s1. The van der Waals surface area contributed by atoms with Gasteiger partial charge in [-0.2, -0.15) is 0 Å². The number of carbonyl (C=O) groups is 1. The Kier molecular flexibility index (Phi) is 5.46. The summed E-state index contributed by atoms with van der Waals surface area (Å²) in [4.78, 5) is 22.0. The molecule has 0 aromatic carbocycles. The summed E-state index contributed by atoms with van der Waals surface area (Å²) in [5.41, 5.74) is 8.96. The Labute approximate surface area is 193 Å². The number of halogens is 1. The molecule has 0 spiro atoms. The van der Waals surface area contributed by atoms with E-state index in [2.05, 4.69) is 27.5 Å². The number of carbonyl (C=O) groups excluding carboxylic acids is 1. The molecule has 1 aliphatic carbocycles. The van der Waals surface area contributed by atoms with Gasteiger partial charge in [-0.15, -0.1) is 11.3 Å². The Hall–Kier alpha value is -3.14. The lowest BCUT2D eigenvalue weighted by molar-refractivity contribution is -0.117. The Morgan fingerprint density at radius 1 is 1.34 bits per heavy atom. The second kappa shape index (κ2) is 8.42. The van der Waals surface area contributed by atoms with Crippen LogP contribution in [0.3, 0.4) is 0 Å². The fraction of sp³-hybridized carbons (Fsp3) is 0.227. The first-order valence-corrected chi connectivity index (χ1v) is 11.4. The fourth-order valence-electron chi connectivity index (χ4n) is 3.61. The number of hydrogen-bond donors (Lipinski definition) is 3. The molecule has 1 fully saturated rings. The van der Waals surface area contributed by atoms with Gasteiger partial charge >= 0.3 is 0 Å². The van der Waals surface area contributed by atoms with E-state index in [4.69, 9.17) is 23.2 Å². The van der Waals surface area contributed by atoms with Gasteiger partial charge in [0, 0.05) is 39.8 Å². The maximum absolute atomic E-state index is 12.4. The number of nitrogens with zero attached hydrogens (tertiary/aromatic N) is 4. The molecular formula is C22H22ClN7OS. The van der Waals surface area contributed by atoms with Crippen LogP contribution in [-0.2, 0) is 17.9 Å². The van der Waals surface area contributed by atoms with Gasteiger partial charge in [0.25, 0.3) is 5.91 Å². The highest BCUT2D eigenvalue weighted by Crippen LogP contribution is 2.39. The molecule has 0 radical (unpaired) electrons. The number of rotatable bonds is 7. The third-order valence-electron chi connectivity index (χ3n) is 5.36. The van der Waals surface area contributed by atoms with E-state index in [1.165, 1.54) is 29.6 Å². The third-order valence-corrected chi connectivity index (χ3v) is 6.76. The maximum atomic E-state index is 12.4. The highest BCUT2D eigenvalue weighted by molar-refractivity contribution is 7.19. The smallest absolute Gasteiger partial charge is 0.269 e. The summed E-state index contributed by atoms with van der Waals surface area (Å²) in [6.07, 6.45) is 9.66. The zero-order valence-corrected chi connectivity index (χ0v) is 18.7. The minimum atomic E-state index is -0.397. The van der Waals surface area contributed by atoms with Gasteiger partial charge in [-0.1, -0.05) is 17.7 Å². The first-order chi connectivity index (χ1) is 15.5. The normalized spacial score (nSPS) is 14.2. The van der Waals surface area contributed by atoms with Crippen molar-refractivity contribution < 1.29 is 4.79 Å². The van der Waals surface area contributed by atoms with Gasteiger partial charge < -0.3 is 20.5 Å². The number of hydrogen-bond acceptors (Lipinski definition) is 7. The molecule has 5 N–H and O–H groups in total. The molecule has 10 heteroatoms. The van der Waals surface area contributed by atoms with Crippen LogP contribution in [0.1, 0.15) is 34.9 Å². The van der Waals surface area contributed by atoms with Crippen LogP contribution in [0, 0.1) is 0 Å². The topological polar surface area (TPSA) is 115 Å². The molecule has 1 saturated carbocycles. The van der Waals surface area contributed by atoms with Gasteiger partial charge in [-0.3, -0.25) is 4.79 Å². The van der Waals surface area contributed by atoms with Crippen LogP contribution in [0.15, 0.2) is 54.8 Å². The number of nitrogens with one attached hydrogen (secondary N) is 1. The Morgan fingerprint density at radius 3 is 2.97 bits per heavy atom. The lowest BCUT2D eigenvalue weighted by atomic mass is 10.2. The van der Waals surface area contributed by atoms with E-state index >= 15 is 0 Å². The van der Waals surface area contributed by atoms with Crippen LogP contribution < -0.4 is 16.9 Å². The van der Waals surface area contributed by atoms with Crippen LogP contribution in [0.2, 0.25) is 5.15 Å². The van der Waals surface area contributed by atoms with E-state index < -0.39 is 5.91 Å². The van der Waals surface area contributed by atoms with Crippen LogP contribution in [0.4, 0.5) is 0 Å². The van der Waals surface area contributed by atoms with Gasteiger partial charge in [0.1, 0.15) is 16.5 Å². The van der Waals surface area contributed by atoms with Crippen molar-refractivity contribution in [1.29, 1.82) is 0 Å². The fourth-order valence-corrected chi connectivity index (χ4v) is 4.87. The number of amides is 1. The quantitative estimate of drug-likeness (QED) is 0.166. The lowest BCUT2D eigenvalue weighted by Crippen LogP contribution is -2.32. The van der Waals surface area contributed by atoms with E-state index in [0.29, 0.717) is 24.2 Å². The molecule has 8 nitrogen and oxygen atoms in total. The molecule has 5 rings (SSSR count). The molecule has 0 bridgehead atoms. The summed E-state index contributed by atoms with van der Waals surface area (Å²) in [6.45, 7) is 0.666. The number of pyridine rings is 2. The van der Waals surface area contributed by atoms with Crippen molar-refractivity contribution in [2.45, 2.75) is 31.8 Å². The first kappa shape index (κ1) is 20.7. The number of imidazole rings is 1. The molecule has 0 saturated heterocycles. The summed E-state index contributed by atoms with van der Waals surface area (Å²) in [5, 5.41) is 5.49. The summed E-state index contributed by atoms with van der Waals surface area (Å²) in [6, 6.07) is 7.97. The molecule has 32 heavy (non-hydrogen) atoms. The predicted octanol–water partition coefficient (Wildman–Crippen LogP) is 3.27. The summed E-state index contributed by atoms with van der Waals surface area (Å²) >= 11 is 7.65. The molecule has 4 heterocycles. The van der Waals surface area contributed by atoms with Crippen LogP contribution in [0.5, 0.6) is 0 Å². The third kappa shape index (κ3) is 4.40. The van der Waals surface area contributed by atoms with Gasteiger partial charge in [-0.25, -0.2) is 15.8 Å². The molecule has 1 aliphatic rings. The predicted molar refractivity (Wildman–Crippen MR) is 126 cm³/mol. The van der Waals surface area contributed by atoms with Gasteiger partial charge in [0.15, 0.2) is 0 Å². The standard InChI is InChI=1S/C22H22ClN7OS/c23-21-17-7-16(32-19(17)5-6-26-21)8-27-22(31)18(24)12-30(25)11-15-10-29-9-14(13-1-2-13)3-4-20(29)28-15/h3-7,9-10,12-13H,1-2,8,11,24-25H2,(H,27,31)/b18-12-. The molecule has 4 aromatic rings. The first-order valence-electron chi connectivity index (χ1n) is 10.2. The average Bonchev–Trinajstić information content (AvgIpc) is 3.40. The van der Waals surface area contributed by atoms with E-state index in [-0.39, 0.29) is 5.70 Å². The number of hydrazine groups is 1. The largest absolute Gasteiger partial charge is 0.393 e. The molecule has 0 aliphatic heterocycles. The van der Waals surface area contributed by atoms with E-state index in [0.717, 1.165) is 26.3 Å². The summed E-state index contributed by atoms with van der Waals surface area (Å²) in [7, 11) is 0. The second-order valence-electron chi connectivity index (χ2n) is 7.90. The number of thiophene rings is 1. The van der Waals surface area contributed by atoms with Crippen molar-refractivity contribution in [1.82, 2.24) is 24.7 Å². The second-order valence-corrected chi connectivity index (χ2v) is 9.43. The zero-order chi connectivity index (χ0) is 22.2. The molecule has 4 aromatic heterocycles. The zero-order valence-electron chi connectivity index (χ0n) is 17.2. The van der Waals surface area contributed by atoms with E-state index in [9.17, 15) is 4.79 Å². The van der Waals surface area contributed by atoms with Crippen LogP contribution >= 0.6 is 22.9 Å². The highest BCUT2D eigenvalue weighted by Gasteiger charge is 2.23. The summed E-state index contributed by atoms with van der Waals surface area (Å²) < 4.78 is 3.03. The molecule has 164 valence electrons. The minimum Gasteiger partial charge on any atom is -0.393 e. The Bertz CT molecular complexity index is 1340. The van der Waals surface area contributed by atoms with Gasteiger partial charge in [-0.05, 0) is 42.5 Å². The van der Waals surface area contributed by atoms with E-state index in [1.807, 2.05) is 28.8 Å². The number of aromatic nitrogens is 3. The Morgan fingerprint density at radius 2 is 2.19 bits per heavy atom. The lowest BCUT2D eigenvalue weighted by Gasteiger charge is -2.13. The molecule has 0 unspecified atom stereocenters. The monoisotopic (exact) mass is 467 g/mol. The van der Waals surface area contributed by atoms with Crippen molar-refractivity contribution in [2.75, 3.05) is 0 Å². The van der Waals surface area contributed by atoms with Crippen LogP contribution in [0.25, 0.3) is 15.7 Å².